The maximum atomic E-state index is 13.8. The molecule has 0 unspecified atom stereocenters. The third kappa shape index (κ3) is 3.94. The largest absolute Gasteiger partial charge is 0.382 e. The Morgan fingerprint density at radius 1 is 1.38 bits per heavy atom. The molecule has 2 rings (SSSR count). The van der Waals surface area contributed by atoms with E-state index in [4.69, 9.17) is 4.74 Å². The van der Waals surface area contributed by atoms with Crippen molar-refractivity contribution in [2.24, 2.45) is 5.41 Å². The highest BCUT2D eigenvalue weighted by atomic mass is 19.1. The van der Waals surface area contributed by atoms with Crippen LogP contribution in [0.25, 0.3) is 0 Å². The Balaban J connectivity index is 2.05. The number of carbonyl (C=O) groups excluding carboxylic acids is 1. The molecule has 116 valence electrons. The molecule has 1 aromatic rings. The molecule has 4 nitrogen and oxygen atoms in total. The lowest BCUT2D eigenvalue weighted by Crippen LogP contribution is -2.39. The minimum atomic E-state index is -0.401. The second-order valence-electron chi connectivity index (χ2n) is 5.80. The number of hydrogen-bond acceptors (Lipinski definition) is 3. The molecular weight excluding hydrogens is 271 g/mol. The number of ether oxygens (including phenoxy) is 1. The van der Waals surface area contributed by atoms with Crippen molar-refractivity contribution in [3.63, 3.8) is 0 Å². The standard InChI is InChI=1S/C16H23FN2O2/c1-3-18-14-12(5-4-6-13(14)17)15(20)19-11-16(2)7-9-21-10-8-16/h4-6,18H,3,7-11H2,1-2H3,(H,19,20). The van der Waals surface area contributed by atoms with E-state index in [0.717, 1.165) is 26.1 Å². The van der Waals surface area contributed by atoms with Gasteiger partial charge in [-0.05, 0) is 37.3 Å². The fraction of sp³-hybridized carbons (Fsp3) is 0.562. The van der Waals surface area contributed by atoms with Crippen molar-refractivity contribution in [1.29, 1.82) is 0 Å². The number of anilines is 1. The van der Waals surface area contributed by atoms with Gasteiger partial charge in [-0.25, -0.2) is 4.39 Å². The second-order valence-corrected chi connectivity index (χ2v) is 5.80. The first kappa shape index (κ1) is 15.8. The van der Waals surface area contributed by atoms with Crippen molar-refractivity contribution < 1.29 is 13.9 Å². The highest BCUT2D eigenvalue weighted by molar-refractivity contribution is 5.99. The van der Waals surface area contributed by atoms with Crippen LogP contribution in [0.3, 0.4) is 0 Å². The summed E-state index contributed by atoms with van der Waals surface area (Å²) in [6.07, 6.45) is 1.85. The normalized spacial score (nSPS) is 17.3. The lowest BCUT2D eigenvalue weighted by molar-refractivity contribution is 0.0238. The van der Waals surface area contributed by atoms with Gasteiger partial charge in [-0.2, -0.15) is 0 Å². The third-order valence-electron chi connectivity index (χ3n) is 3.99. The lowest BCUT2D eigenvalue weighted by atomic mass is 9.82. The summed E-state index contributed by atoms with van der Waals surface area (Å²) in [7, 11) is 0. The summed E-state index contributed by atoms with van der Waals surface area (Å²) < 4.78 is 19.2. The fourth-order valence-corrected chi connectivity index (χ4v) is 2.50. The van der Waals surface area contributed by atoms with Crippen molar-refractivity contribution in [2.75, 3.05) is 31.6 Å². The van der Waals surface area contributed by atoms with E-state index in [0.29, 0.717) is 18.7 Å². The van der Waals surface area contributed by atoms with Crippen LogP contribution >= 0.6 is 0 Å². The summed E-state index contributed by atoms with van der Waals surface area (Å²) in [6.45, 7) is 6.63. The zero-order valence-corrected chi connectivity index (χ0v) is 12.7. The van der Waals surface area contributed by atoms with Gasteiger partial charge < -0.3 is 15.4 Å². The van der Waals surface area contributed by atoms with Crippen LogP contribution in [0.4, 0.5) is 10.1 Å². The first-order chi connectivity index (χ1) is 10.1. The second kappa shape index (κ2) is 6.89. The highest BCUT2D eigenvalue weighted by Gasteiger charge is 2.28. The van der Waals surface area contributed by atoms with Crippen molar-refractivity contribution in [2.45, 2.75) is 26.7 Å². The monoisotopic (exact) mass is 294 g/mol. The summed E-state index contributed by atoms with van der Waals surface area (Å²) in [5.74, 6) is -0.639. The predicted octanol–water partition coefficient (Wildman–Crippen LogP) is 2.80. The van der Waals surface area contributed by atoms with Gasteiger partial charge in [0.05, 0.1) is 11.3 Å². The molecule has 0 aromatic heterocycles. The van der Waals surface area contributed by atoms with Gasteiger partial charge in [-0.1, -0.05) is 13.0 Å². The Morgan fingerprint density at radius 3 is 2.76 bits per heavy atom. The van der Waals surface area contributed by atoms with E-state index in [9.17, 15) is 9.18 Å². The molecule has 0 bridgehead atoms. The minimum Gasteiger partial charge on any atom is -0.382 e. The quantitative estimate of drug-likeness (QED) is 0.878. The van der Waals surface area contributed by atoms with Crippen LogP contribution in [-0.2, 0) is 4.74 Å². The molecule has 1 fully saturated rings. The molecule has 1 heterocycles. The first-order valence-electron chi connectivity index (χ1n) is 7.44. The van der Waals surface area contributed by atoms with E-state index in [2.05, 4.69) is 17.6 Å². The fourth-order valence-electron chi connectivity index (χ4n) is 2.50. The van der Waals surface area contributed by atoms with E-state index in [-0.39, 0.29) is 17.0 Å². The van der Waals surface area contributed by atoms with Crippen molar-refractivity contribution in [3.8, 4) is 0 Å². The Bertz CT molecular complexity index is 499. The SMILES string of the molecule is CCNc1c(F)cccc1C(=O)NCC1(C)CCOCC1. The summed E-state index contributed by atoms with van der Waals surface area (Å²) in [6, 6.07) is 4.55. The summed E-state index contributed by atoms with van der Waals surface area (Å²) in [5, 5.41) is 5.85. The first-order valence-corrected chi connectivity index (χ1v) is 7.44. The van der Waals surface area contributed by atoms with Crippen LogP contribution in [-0.4, -0.2) is 32.2 Å². The average molecular weight is 294 g/mol. The summed E-state index contributed by atoms with van der Waals surface area (Å²) in [5.41, 5.74) is 0.682. The zero-order valence-electron chi connectivity index (χ0n) is 12.7. The van der Waals surface area contributed by atoms with E-state index in [1.807, 2.05) is 6.92 Å². The maximum Gasteiger partial charge on any atom is 0.253 e. The van der Waals surface area contributed by atoms with E-state index in [1.165, 1.54) is 6.07 Å². The lowest BCUT2D eigenvalue weighted by Gasteiger charge is -2.33. The van der Waals surface area contributed by atoms with E-state index in [1.54, 1.807) is 12.1 Å². The number of halogens is 1. The van der Waals surface area contributed by atoms with Crippen LogP contribution in [0.5, 0.6) is 0 Å². The molecule has 1 aliphatic rings. The van der Waals surface area contributed by atoms with Gasteiger partial charge in [-0.3, -0.25) is 4.79 Å². The molecule has 1 aromatic carbocycles. The van der Waals surface area contributed by atoms with Crippen LogP contribution in [0, 0.1) is 11.2 Å². The molecule has 1 aliphatic heterocycles. The molecule has 0 atom stereocenters. The van der Waals surface area contributed by atoms with Gasteiger partial charge >= 0.3 is 0 Å². The van der Waals surface area contributed by atoms with Crippen LogP contribution in [0.15, 0.2) is 18.2 Å². The molecule has 1 amide bonds. The van der Waals surface area contributed by atoms with Gasteiger partial charge in [0.25, 0.3) is 5.91 Å². The van der Waals surface area contributed by atoms with Gasteiger partial charge in [0.1, 0.15) is 5.82 Å². The molecule has 21 heavy (non-hydrogen) atoms. The minimum absolute atomic E-state index is 0.0551. The maximum absolute atomic E-state index is 13.8. The van der Waals surface area contributed by atoms with Crippen molar-refractivity contribution in [3.05, 3.63) is 29.6 Å². The molecule has 1 saturated heterocycles. The smallest absolute Gasteiger partial charge is 0.253 e. The average Bonchev–Trinajstić information content (AvgIpc) is 2.48. The van der Waals surface area contributed by atoms with Gasteiger partial charge in [0, 0.05) is 26.3 Å². The zero-order chi connectivity index (χ0) is 15.3. The molecule has 0 spiro atoms. The van der Waals surface area contributed by atoms with E-state index < -0.39 is 5.82 Å². The van der Waals surface area contributed by atoms with Gasteiger partial charge in [0.15, 0.2) is 0 Å². The number of nitrogens with one attached hydrogen (secondary N) is 2. The summed E-state index contributed by atoms with van der Waals surface area (Å²) in [4.78, 5) is 12.3. The number of para-hydroxylation sites is 1. The van der Waals surface area contributed by atoms with Crippen LogP contribution in [0.2, 0.25) is 0 Å². The van der Waals surface area contributed by atoms with E-state index >= 15 is 0 Å². The van der Waals surface area contributed by atoms with Gasteiger partial charge in [-0.15, -0.1) is 0 Å². The molecule has 0 saturated carbocycles. The number of amides is 1. The Labute approximate surface area is 125 Å². The number of rotatable bonds is 5. The molecule has 2 N–H and O–H groups in total. The summed E-state index contributed by atoms with van der Waals surface area (Å²) >= 11 is 0. The van der Waals surface area contributed by atoms with Gasteiger partial charge in [0.2, 0.25) is 0 Å². The van der Waals surface area contributed by atoms with Crippen LogP contribution < -0.4 is 10.6 Å². The molecular formula is C16H23FN2O2. The highest BCUT2D eigenvalue weighted by Crippen LogP contribution is 2.29. The molecule has 0 aliphatic carbocycles. The van der Waals surface area contributed by atoms with Crippen LogP contribution in [0.1, 0.15) is 37.0 Å². The Kier molecular flexibility index (Phi) is 5.17. The number of carbonyl (C=O) groups is 1. The molecule has 0 radical (unpaired) electrons. The predicted molar refractivity (Wildman–Crippen MR) is 81.1 cm³/mol. The number of hydrogen-bond donors (Lipinski definition) is 2. The van der Waals surface area contributed by atoms with Crippen molar-refractivity contribution in [1.82, 2.24) is 5.32 Å². The molecule has 5 heteroatoms. The Hall–Kier alpha value is -1.62. The van der Waals surface area contributed by atoms with Crippen molar-refractivity contribution >= 4 is 11.6 Å². The third-order valence-corrected chi connectivity index (χ3v) is 3.99. The Morgan fingerprint density at radius 2 is 2.10 bits per heavy atom. The number of benzene rings is 1. The topological polar surface area (TPSA) is 50.4 Å².